The fraction of sp³-hybridized carbons (Fsp3) is 0.200. The molecule has 0 radical (unpaired) electrons. The van der Waals surface area contributed by atoms with Crippen LogP contribution in [0.4, 0.5) is 0 Å². The van der Waals surface area contributed by atoms with Crippen molar-refractivity contribution in [1.82, 2.24) is 9.78 Å². The van der Waals surface area contributed by atoms with Gasteiger partial charge in [0.2, 0.25) is 0 Å². The normalized spacial score (nSPS) is 10.8. The molecule has 1 aromatic carbocycles. The number of benzene rings is 1. The molecular weight excluding hydrogens is 240 g/mol. The van der Waals surface area contributed by atoms with Crippen LogP contribution in [0.3, 0.4) is 0 Å². The Kier molecular flexibility index (Phi) is 4.50. The zero-order valence-corrected chi connectivity index (χ0v) is 10.8. The Hall–Kier alpha value is -2.36. The quantitative estimate of drug-likeness (QED) is 0.610. The summed E-state index contributed by atoms with van der Waals surface area (Å²) < 4.78 is 6.83. The number of carbonyl (C=O) groups excluding carboxylic acids is 1. The Balaban J connectivity index is 1.95. The van der Waals surface area contributed by atoms with Gasteiger partial charge in [-0.15, -0.1) is 0 Å². The van der Waals surface area contributed by atoms with Gasteiger partial charge in [-0.25, -0.2) is 9.48 Å². The highest BCUT2D eigenvalue weighted by Crippen LogP contribution is 2.07. The van der Waals surface area contributed by atoms with E-state index in [2.05, 4.69) is 5.10 Å². The van der Waals surface area contributed by atoms with Gasteiger partial charge in [0.05, 0.1) is 5.69 Å². The number of ether oxygens (including phenoxy) is 1. The van der Waals surface area contributed by atoms with Crippen LogP contribution in [0.2, 0.25) is 0 Å². The van der Waals surface area contributed by atoms with E-state index in [1.54, 1.807) is 10.8 Å². The van der Waals surface area contributed by atoms with Gasteiger partial charge in [0, 0.05) is 12.3 Å². The summed E-state index contributed by atoms with van der Waals surface area (Å²) in [6.45, 7) is 2.15. The van der Waals surface area contributed by atoms with Gasteiger partial charge in [-0.2, -0.15) is 5.10 Å². The second-order valence-electron chi connectivity index (χ2n) is 4.01. The minimum absolute atomic E-state index is 0.187. The van der Waals surface area contributed by atoms with Crippen molar-refractivity contribution in [2.75, 3.05) is 0 Å². The van der Waals surface area contributed by atoms with Gasteiger partial charge >= 0.3 is 5.97 Å². The van der Waals surface area contributed by atoms with E-state index in [1.165, 1.54) is 6.08 Å². The molecule has 0 aliphatic rings. The first-order chi connectivity index (χ1) is 9.29. The van der Waals surface area contributed by atoms with Crippen LogP contribution < -0.4 is 0 Å². The highest BCUT2D eigenvalue weighted by atomic mass is 16.5. The number of hydrogen-bond donors (Lipinski definition) is 0. The SMILES string of the molecule is CC/C=C/C(=O)OCc1ccn(-c2ccccc2)n1. The molecule has 4 nitrogen and oxygen atoms in total. The topological polar surface area (TPSA) is 44.1 Å². The minimum Gasteiger partial charge on any atom is -0.456 e. The molecule has 1 heterocycles. The Morgan fingerprint density at radius 1 is 1.32 bits per heavy atom. The van der Waals surface area contributed by atoms with Crippen molar-refractivity contribution in [2.24, 2.45) is 0 Å². The van der Waals surface area contributed by atoms with Crippen LogP contribution >= 0.6 is 0 Å². The molecule has 0 aliphatic carbocycles. The number of hydrogen-bond acceptors (Lipinski definition) is 3. The number of carbonyl (C=O) groups is 1. The van der Waals surface area contributed by atoms with E-state index in [0.29, 0.717) is 0 Å². The lowest BCUT2D eigenvalue weighted by Crippen LogP contribution is -2.02. The van der Waals surface area contributed by atoms with Gasteiger partial charge in [-0.3, -0.25) is 0 Å². The summed E-state index contributed by atoms with van der Waals surface area (Å²) in [4.78, 5) is 11.3. The Labute approximate surface area is 112 Å². The third-order valence-corrected chi connectivity index (χ3v) is 2.52. The summed E-state index contributed by atoms with van der Waals surface area (Å²) in [6, 6.07) is 11.6. The minimum atomic E-state index is -0.337. The molecule has 1 aromatic heterocycles. The van der Waals surface area contributed by atoms with Crippen LogP contribution in [0.15, 0.2) is 54.7 Å². The summed E-state index contributed by atoms with van der Waals surface area (Å²) in [5, 5.41) is 4.35. The first-order valence-electron chi connectivity index (χ1n) is 6.23. The Bertz CT molecular complexity index is 559. The van der Waals surface area contributed by atoms with E-state index >= 15 is 0 Å². The smallest absolute Gasteiger partial charge is 0.330 e. The third kappa shape index (κ3) is 3.81. The zero-order valence-electron chi connectivity index (χ0n) is 10.8. The Morgan fingerprint density at radius 3 is 2.84 bits per heavy atom. The molecule has 98 valence electrons. The first kappa shape index (κ1) is 13.1. The van der Waals surface area contributed by atoms with E-state index in [0.717, 1.165) is 17.8 Å². The zero-order chi connectivity index (χ0) is 13.5. The van der Waals surface area contributed by atoms with Gasteiger partial charge < -0.3 is 4.74 Å². The summed E-state index contributed by atoms with van der Waals surface area (Å²) in [5.74, 6) is -0.337. The van der Waals surface area contributed by atoms with Crippen molar-refractivity contribution in [1.29, 1.82) is 0 Å². The second-order valence-corrected chi connectivity index (χ2v) is 4.01. The number of allylic oxidation sites excluding steroid dienone is 1. The van der Waals surface area contributed by atoms with Gasteiger partial charge in [-0.05, 0) is 24.6 Å². The van der Waals surface area contributed by atoms with E-state index < -0.39 is 0 Å². The van der Waals surface area contributed by atoms with E-state index in [-0.39, 0.29) is 12.6 Å². The summed E-state index contributed by atoms with van der Waals surface area (Å²) in [7, 11) is 0. The molecule has 0 unspecified atom stereocenters. The molecule has 0 spiro atoms. The summed E-state index contributed by atoms with van der Waals surface area (Å²) in [6.07, 6.45) is 5.87. The van der Waals surface area contributed by atoms with Gasteiger partial charge in [0.25, 0.3) is 0 Å². The van der Waals surface area contributed by atoms with Crippen molar-refractivity contribution in [3.05, 3.63) is 60.4 Å². The predicted octanol–water partition coefficient (Wildman–Crippen LogP) is 2.88. The molecule has 0 atom stereocenters. The number of aromatic nitrogens is 2. The fourth-order valence-corrected chi connectivity index (χ4v) is 1.57. The average molecular weight is 256 g/mol. The molecule has 4 heteroatoms. The number of nitrogens with zero attached hydrogens (tertiary/aromatic N) is 2. The Morgan fingerprint density at radius 2 is 2.11 bits per heavy atom. The van der Waals surface area contributed by atoms with E-state index in [4.69, 9.17) is 4.74 Å². The lowest BCUT2D eigenvalue weighted by atomic mass is 10.3. The summed E-state index contributed by atoms with van der Waals surface area (Å²) >= 11 is 0. The van der Waals surface area contributed by atoms with Crippen LogP contribution in [-0.2, 0) is 16.1 Å². The molecule has 2 aromatic rings. The summed E-state index contributed by atoms with van der Waals surface area (Å²) in [5.41, 5.74) is 1.70. The molecule has 2 rings (SSSR count). The van der Waals surface area contributed by atoms with Gasteiger partial charge in [0.15, 0.2) is 0 Å². The standard InChI is InChI=1S/C15H16N2O2/c1-2-3-9-15(18)19-12-13-10-11-17(16-13)14-7-5-4-6-8-14/h3-11H,2,12H2,1H3/b9-3+. The number of rotatable bonds is 5. The fourth-order valence-electron chi connectivity index (χ4n) is 1.57. The highest BCUT2D eigenvalue weighted by molar-refractivity contribution is 5.81. The largest absolute Gasteiger partial charge is 0.456 e. The highest BCUT2D eigenvalue weighted by Gasteiger charge is 2.03. The molecule has 0 N–H and O–H groups in total. The molecule has 0 bridgehead atoms. The molecule has 19 heavy (non-hydrogen) atoms. The van der Waals surface area contributed by atoms with Gasteiger partial charge in [0.1, 0.15) is 12.3 Å². The monoisotopic (exact) mass is 256 g/mol. The van der Waals surface area contributed by atoms with Crippen LogP contribution in [-0.4, -0.2) is 15.7 Å². The second kappa shape index (κ2) is 6.54. The van der Waals surface area contributed by atoms with Gasteiger partial charge in [-0.1, -0.05) is 31.2 Å². The maximum Gasteiger partial charge on any atom is 0.330 e. The van der Waals surface area contributed by atoms with E-state index in [9.17, 15) is 4.79 Å². The predicted molar refractivity (Wildman–Crippen MR) is 72.8 cm³/mol. The van der Waals surface area contributed by atoms with Crippen LogP contribution in [0.25, 0.3) is 5.69 Å². The third-order valence-electron chi connectivity index (χ3n) is 2.52. The van der Waals surface area contributed by atoms with E-state index in [1.807, 2.05) is 49.5 Å². The molecule has 0 saturated carbocycles. The lowest BCUT2D eigenvalue weighted by molar-refractivity contribution is -0.139. The van der Waals surface area contributed by atoms with Crippen molar-refractivity contribution in [3.8, 4) is 5.69 Å². The van der Waals surface area contributed by atoms with Crippen LogP contribution in [0.1, 0.15) is 19.0 Å². The van der Waals surface area contributed by atoms with Crippen molar-refractivity contribution in [3.63, 3.8) is 0 Å². The van der Waals surface area contributed by atoms with Crippen LogP contribution in [0.5, 0.6) is 0 Å². The van der Waals surface area contributed by atoms with Crippen LogP contribution in [0, 0.1) is 0 Å². The maximum atomic E-state index is 11.3. The number of esters is 1. The molecular formula is C15H16N2O2. The average Bonchev–Trinajstić information content (AvgIpc) is 2.93. The maximum absolute atomic E-state index is 11.3. The molecule has 0 aliphatic heterocycles. The van der Waals surface area contributed by atoms with Crippen molar-refractivity contribution in [2.45, 2.75) is 20.0 Å². The molecule has 0 amide bonds. The molecule has 0 fully saturated rings. The lowest BCUT2D eigenvalue weighted by Gasteiger charge is -2.00. The first-order valence-corrected chi connectivity index (χ1v) is 6.23. The number of para-hydroxylation sites is 1. The van der Waals surface area contributed by atoms with Crippen molar-refractivity contribution >= 4 is 5.97 Å². The molecule has 0 saturated heterocycles. The van der Waals surface area contributed by atoms with Crippen molar-refractivity contribution < 1.29 is 9.53 Å².